The topological polar surface area (TPSA) is 77.8 Å². The molecule has 4 heterocycles. The van der Waals surface area contributed by atoms with Crippen LogP contribution in [0.4, 0.5) is 0 Å². The van der Waals surface area contributed by atoms with Gasteiger partial charge < -0.3 is 8.83 Å². The van der Waals surface area contributed by atoms with Gasteiger partial charge in [0.25, 0.3) is 0 Å². The maximum absolute atomic E-state index is 6.63. The number of hydrogen-bond acceptors (Lipinski definition) is 6. The summed E-state index contributed by atoms with van der Waals surface area (Å²) in [6.07, 6.45) is 1.80. The number of nitrogens with zero attached hydrogens (tertiary/aromatic N) is 4. The molecule has 6 heteroatoms. The Bertz CT molecular complexity index is 3530. The molecule has 66 heavy (non-hydrogen) atoms. The first-order valence-electron chi connectivity index (χ1n) is 21.9. The van der Waals surface area contributed by atoms with E-state index in [0.29, 0.717) is 11.8 Å². The van der Waals surface area contributed by atoms with Crippen molar-refractivity contribution in [3.63, 3.8) is 0 Å². The van der Waals surface area contributed by atoms with Gasteiger partial charge in [-0.25, -0.2) is 15.0 Å². The number of hydrogen-bond donors (Lipinski definition) is 0. The lowest BCUT2D eigenvalue weighted by Gasteiger charge is -2.13. The van der Waals surface area contributed by atoms with Gasteiger partial charge in [-0.3, -0.25) is 4.98 Å². The van der Waals surface area contributed by atoms with E-state index in [4.69, 9.17) is 18.8 Å². The standard InChI is InChI=1S/C60H38N4O2/c1-3-11-43(12-4-1)50-34-35-51(44-13-5-2-6-14-44)58-57(50)64-60(66-58)48-32-24-41(25-33-48)39-18-26-45(27-19-39)49-36-37-53(52-15-9-10-38-61-52)62-56(49)46-28-20-40(21-29-46)42-22-30-47(31-23-42)59-63-54-16-7-8-17-55(54)65-59/h1-38H. The van der Waals surface area contributed by atoms with Crippen LogP contribution in [0, 0.1) is 0 Å². The minimum absolute atomic E-state index is 0.587. The van der Waals surface area contributed by atoms with Crippen molar-refractivity contribution in [2.45, 2.75) is 0 Å². The van der Waals surface area contributed by atoms with E-state index < -0.39 is 0 Å². The minimum Gasteiger partial charge on any atom is -0.436 e. The number of aromatic nitrogens is 4. The van der Waals surface area contributed by atoms with Crippen LogP contribution >= 0.6 is 0 Å². The van der Waals surface area contributed by atoms with Crippen LogP contribution in [0.25, 0.3) is 123 Å². The summed E-state index contributed by atoms with van der Waals surface area (Å²) in [5.41, 5.74) is 19.4. The summed E-state index contributed by atoms with van der Waals surface area (Å²) in [6.45, 7) is 0. The van der Waals surface area contributed by atoms with Crippen LogP contribution in [0.15, 0.2) is 239 Å². The van der Waals surface area contributed by atoms with Gasteiger partial charge in [-0.2, -0.15) is 0 Å². The molecule has 0 aliphatic heterocycles. The summed E-state index contributed by atoms with van der Waals surface area (Å²) in [7, 11) is 0. The SMILES string of the molecule is c1ccc(-c2ccc(-c3ccccc3)c3oc(-c4ccc(-c5ccc(-c6ccc(-c7ccccn7)nc6-c6ccc(-c7ccc(-c8nc9ccccc9o8)cc7)cc6)cc5)cc4)nc23)cc1. The smallest absolute Gasteiger partial charge is 0.227 e. The van der Waals surface area contributed by atoms with Gasteiger partial charge in [0.15, 0.2) is 11.2 Å². The highest BCUT2D eigenvalue weighted by Gasteiger charge is 2.19. The number of fused-ring (bicyclic) bond motifs is 2. The first kappa shape index (κ1) is 38.7. The van der Waals surface area contributed by atoms with Crippen molar-refractivity contribution >= 4 is 22.2 Å². The molecule has 0 saturated heterocycles. The predicted molar refractivity (Wildman–Crippen MR) is 266 cm³/mol. The molecule has 0 aliphatic carbocycles. The second-order valence-corrected chi connectivity index (χ2v) is 16.2. The molecule has 12 rings (SSSR count). The van der Waals surface area contributed by atoms with Crippen LogP contribution in [0.2, 0.25) is 0 Å². The van der Waals surface area contributed by atoms with Gasteiger partial charge in [0, 0.05) is 39.6 Å². The Labute approximate surface area is 381 Å². The molecule has 0 atom stereocenters. The fourth-order valence-corrected chi connectivity index (χ4v) is 8.66. The first-order valence-corrected chi connectivity index (χ1v) is 21.9. The molecule has 0 radical (unpaired) electrons. The zero-order valence-electron chi connectivity index (χ0n) is 35.5. The molecule has 0 aliphatic rings. The van der Waals surface area contributed by atoms with Crippen LogP contribution in [0.3, 0.4) is 0 Å². The maximum Gasteiger partial charge on any atom is 0.227 e. The Morgan fingerprint density at radius 1 is 0.288 bits per heavy atom. The summed E-state index contributed by atoms with van der Waals surface area (Å²) in [5.74, 6) is 1.20. The van der Waals surface area contributed by atoms with Crippen LogP contribution in [-0.4, -0.2) is 19.9 Å². The highest BCUT2D eigenvalue weighted by Crippen LogP contribution is 2.40. The zero-order chi connectivity index (χ0) is 43.8. The van der Waals surface area contributed by atoms with Crippen molar-refractivity contribution in [1.82, 2.24) is 19.9 Å². The lowest BCUT2D eigenvalue weighted by atomic mass is 9.95. The van der Waals surface area contributed by atoms with Crippen molar-refractivity contribution in [3.05, 3.63) is 231 Å². The fourth-order valence-electron chi connectivity index (χ4n) is 8.66. The van der Waals surface area contributed by atoms with Crippen molar-refractivity contribution < 1.29 is 8.83 Å². The molecule has 0 spiro atoms. The van der Waals surface area contributed by atoms with Crippen molar-refractivity contribution in [1.29, 1.82) is 0 Å². The van der Waals surface area contributed by atoms with Crippen molar-refractivity contribution in [2.24, 2.45) is 0 Å². The molecule has 6 nitrogen and oxygen atoms in total. The maximum atomic E-state index is 6.63. The third-order valence-corrected chi connectivity index (χ3v) is 12.1. The highest BCUT2D eigenvalue weighted by molar-refractivity contribution is 6.00. The molecule has 12 aromatic rings. The van der Waals surface area contributed by atoms with Crippen molar-refractivity contribution in [2.75, 3.05) is 0 Å². The molecule has 0 saturated carbocycles. The third-order valence-electron chi connectivity index (χ3n) is 12.1. The largest absolute Gasteiger partial charge is 0.436 e. The average Bonchev–Trinajstić information content (AvgIpc) is 4.06. The molecule has 0 bridgehead atoms. The number of benzene rings is 8. The van der Waals surface area contributed by atoms with E-state index >= 15 is 0 Å². The minimum atomic E-state index is 0.587. The lowest BCUT2D eigenvalue weighted by Crippen LogP contribution is -1.94. The third kappa shape index (κ3) is 7.32. The summed E-state index contributed by atoms with van der Waals surface area (Å²) in [6, 6.07) is 77.0. The van der Waals surface area contributed by atoms with E-state index in [1.807, 2.05) is 66.7 Å². The summed E-state index contributed by atoms with van der Waals surface area (Å²) in [5, 5.41) is 0. The normalized spacial score (nSPS) is 11.3. The Morgan fingerprint density at radius 3 is 1.38 bits per heavy atom. The van der Waals surface area contributed by atoms with Gasteiger partial charge in [0.1, 0.15) is 11.0 Å². The van der Waals surface area contributed by atoms with Gasteiger partial charge in [-0.1, -0.05) is 158 Å². The Kier molecular flexibility index (Phi) is 9.73. The van der Waals surface area contributed by atoms with E-state index in [1.165, 1.54) is 0 Å². The van der Waals surface area contributed by atoms with Crippen LogP contribution in [0.5, 0.6) is 0 Å². The van der Waals surface area contributed by atoms with Crippen molar-refractivity contribution in [3.8, 4) is 101 Å². The Morgan fingerprint density at radius 2 is 0.773 bits per heavy atom. The lowest BCUT2D eigenvalue weighted by molar-refractivity contribution is 0.619. The Balaban J connectivity index is 0.837. The highest BCUT2D eigenvalue weighted by atomic mass is 16.4. The van der Waals surface area contributed by atoms with Gasteiger partial charge in [0.05, 0.1) is 17.1 Å². The molecule has 310 valence electrons. The average molecular weight is 847 g/mol. The molecule has 4 aromatic heterocycles. The number of oxazole rings is 2. The van der Waals surface area contributed by atoms with Crippen LogP contribution < -0.4 is 0 Å². The van der Waals surface area contributed by atoms with Gasteiger partial charge in [-0.05, 0) is 106 Å². The molecule has 0 amide bonds. The van der Waals surface area contributed by atoms with Crippen LogP contribution in [0.1, 0.15) is 0 Å². The zero-order valence-corrected chi connectivity index (χ0v) is 35.5. The first-order chi connectivity index (χ1) is 32.7. The number of pyridine rings is 2. The van der Waals surface area contributed by atoms with Gasteiger partial charge >= 0.3 is 0 Å². The van der Waals surface area contributed by atoms with E-state index in [1.54, 1.807) is 6.20 Å². The molecule has 0 unspecified atom stereocenters. The predicted octanol–water partition coefficient (Wildman–Crippen LogP) is 15.8. The van der Waals surface area contributed by atoms with Gasteiger partial charge in [0.2, 0.25) is 11.8 Å². The van der Waals surface area contributed by atoms with E-state index in [-0.39, 0.29) is 0 Å². The molecule has 0 N–H and O–H groups in total. The monoisotopic (exact) mass is 846 g/mol. The van der Waals surface area contributed by atoms with Crippen LogP contribution in [-0.2, 0) is 0 Å². The Hall–Kier alpha value is -9.00. The number of rotatable bonds is 9. The van der Waals surface area contributed by atoms with E-state index in [2.05, 4.69) is 168 Å². The molecule has 0 fully saturated rings. The fraction of sp³-hybridized carbons (Fsp3) is 0. The summed E-state index contributed by atoms with van der Waals surface area (Å²) in [4.78, 5) is 19.6. The van der Waals surface area contributed by atoms with E-state index in [0.717, 1.165) is 112 Å². The second kappa shape index (κ2) is 16.6. The number of para-hydroxylation sites is 2. The summed E-state index contributed by atoms with van der Waals surface area (Å²) >= 11 is 0. The van der Waals surface area contributed by atoms with Gasteiger partial charge in [-0.15, -0.1) is 0 Å². The molecule has 8 aromatic carbocycles. The second-order valence-electron chi connectivity index (χ2n) is 16.2. The molecular formula is C60H38N4O2. The molecular weight excluding hydrogens is 809 g/mol. The quantitative estimate of drug-likeness (QED) is 0.144. The summed E-state index contributed by atoms with van der Waals surface area (Å²) < 4.78 is 12.6. The van der Waals surface area contributed by atoms with E-state index in [9.17, 15) is 0 Å².